The van der Waals surface area contributed by atoms with Crippen LogP contribution in [0, 0.1) is 0 Å². The third kappa shape index (κ3) is 4.02. The molecule has 1 aliphatic heterocycles. The van der Waals surface area contributed by atoms with Gasteiger partial charge in [0.25, 0.3) is 0 Å². The first kappa shape index (κ1) is 17.6. The van der Waals surface area contributed by atoms with E-state index in [1.54, 1.807) is 0 Å². The number of nitrogens with one attached hydrogen (secondary N) is 1. The Morgan fingerprint density at radius 3 is 2.57 bits per heavy atom. The van der Waals surface area contributed by atoms with E-state index < -0.39 is 0 Å². The van der Waals surface area contributed by atoms with Crippen molar-refractivity contribution in [1.82, 2.24) is 5.32 Å². The van der Waals surface area contributed by atoms with Crippen molar-refractivity contribution >= 4 is 18.3 Å². The molecule has 0 saturated heterocycles. The lowest BCUT2D eigenvalue weighted by Gasteiger charge is -2.31. The Bertz CT molecular complexity index is 482. The summed E-state index contributed by atoms with van der Waals surface area (Å²) >= 11 is 0. The molecule has 21 heavy (non-hydrogen) atoms. The number of carbonyl (C=O) groups is 1. The van der Waals surface area contributed by atoms with Crippen molar-refractivity contribution in [3.8, 4) is 11.5 Å². The molecule has 118 valence electrons. The van der Waals surface area contributed by atoms with Crippen LogP contribution < -0.4 is 20.5 Å². The van der Waals surface area contributed by atoms with E-state index in [-0.39, 0.29) is 30.6 Å². The summed E-state index contributed by atoms with van der Waals surface area (Å²) in [6.45, 7) is 4.77. The molecule has 5 nitrogen and oxygen atoms in total. The Hall–Kier alpha value is -1.46. The van der Waals surface area contributed by atoms with E-state index in [1.165, 1.54) is 0 Å². The highest BCUT2D eigenvalue weighted by Crippen LogP contribution is 2.32. The monoisotopic (exact) mass is 314 g/mol. The highest BCUT2D eigenvalue weighted by molar-refractivity contribution is 5.85. The number of fused-ring (bicyclic) bond motifs is 1. The first-order valence-electron chi connectivity index (χ1n) is 7.02. The third-order valence-electron chi connectivity index (χ3n) is 3.95. The number of carbonyl (C=O) groups excluding carboxylic acids is 1. The number of hydrogen-bond donors (Lipinski definition) is 2. The topological polar surface area (TPSA) is 73.6 Å². The summed E-state index contributed by atoms with van der Waals surface area (Å²) in [7, 11) is 0. The van der Waals surface area contributed by atoms with Crippen LogP contribution in [0.5, 0.6) is 11.5 Å². The smallest absolute Gasteiger partial charge is 0.231 e. The first-order chi connectivity index (χ1) is 9.62. The number of benzene rings is 1. The van der Waals surface area contributed by atoms with Crippen LogP contribution in [0.1, 0.15) is 32.3 Å². The molecule has 0 aromatic heterocycles. The maximum Gasteiger partial charge on any atom is 0.231 e. The minimum absolute atomic E-state index is 0. The van der Waals surface area contributed by atoms with Crippen LogP contribution in [0.4, 0.5) is 0 Å². The molecule has 2 rings (SSSR count). The molecular weight excluding hydrogens is 292 g/mol. The molecule has 1 aromatic carbocycles. The van der Waals surface area contributed by atoms with E-state index in [1.807, 2.05) is 32.0 Å². The Kier molecular flexibility index (Phi) is 6.30. The SMILES string of the molecule is CCC(CC)(CN)NC(=O)Cc1ccc2c(c1)OCO2.Cl. The molecule has 0 unspecified atom stereocenters. The summed E-state index contributed by atoms with van der Waals surface area (Å²) in [4.78, 5) is 12.2. The molecule has 0 spiro atoms. The van der Waals surface area contributed by atoms with Crippen molar-refractivity contribution in [2.45, 2.75) is 38.6 Å². The third-order valence-corrected chi connectivity index (χ3v) is 3.95. The first-order valence-corrected chi connectivity index (χ1v) is 7.02. The average molecular weight is 315 g/mol. The van der Waals surface area contributed by atoms with Crippen LogP contribution in [-0.2, 0) is 11.2 Å². The van der Waals surface area contributed by atoms with Crippen molar-refractivity contribution in [2.75, 3.05) is 13.3 Å². The minimum Gasteiger partial charge on any atom is -0.454 e. The lowest BCUT2D eigenvalue weighted by molar-refractivity contribution is -0.122. The zero-order valence-electron chi connectivity index (χ0n) is 12.5. The lowest BCUT2D eigenvalue weighted by atomic mass is 9.92. The molecule has 1 amide bonds. The average Bonchev–Trinajstić information content (AvgIpc) is 2.92. The van der Waals surface area contributed by atoms with Crippen LogP contribution in [0.3, 0.4) is 0 Å². The highest BCUT2D eigenvalue weighted by atomic mass is 35.5. The maximum atomic E-state index is 12.2. The van der Waals surface area contributed by atoms with Crippen molar-refractivity contribution < 1.29 is 14.3 Å². The van der Waals surface area contributed by atoms with Gasteiger partial charge in [-0.25, -0.2) is 0 Å². The van der Waals surface area contributed by atoms with Gasteiger partial charge >= 0.3 is 0 Å². The van der Waals surface area contributed by atoms with Gasteiger partial charge in [0, 0.05) is 6.54 Å². The lowest BCUT2D eigenvalue weighted by Crippen LogP contribution is -2.53. The molecule has 6 heteroatoms. The number of halogens is 1. The number of ether oxygens (including phenoxy) is 2. The second-order valence-electron chi connectivity index (χ2n) is 5.10. The van der Waals surface area contributed by atoms with Crippen LogP contribution in [-0.4, -0.2) is 24.8 Å². The van der Waals surface area contributed by atoms with Gasteiger partial charge in [0.15, 0.2) is 11.5 Å². The van der Waals surface area contributed by atoms with Crippen molar-refractivity contribution in [3.05, 3.63) is 23.8 Å². The summed E-state index contributed by atoms with van der Waals surface area (Å²) < 4.78 is 10.6. The maximum absolute atomic E-state index is 12.2. The fourth-order valence-electron chi connectivity index (χ4n) is 2.34. The van der Waals surface area contributed by atoms with E-state index in [2.05, 4.69) is 5.32 Å². The molecule has 0 fully saturated rings. The van der Waals surface area contributed by atoms with Gasteiger partial charge in [0.05, 0.1) is 12.0 Å². The van der Waals surface area contributed by atoms with Crippen LogP contribution in [0.2, 0.25) is 0 Å². The van der Waals surface area contributed by atoms with Crippen LogP contribution in [0.25, 0.3) is 0 Å². The molecule has 1 heterocycles. The second-order valence-corrected chi connectivity index (χ2v) is 5.10. The molecule has 0 bridgehead atoms. The number of amides is 1. The second kappa shape index (κ2) is 7.52. The summed E-state index contributed by atoms with van der Waals surface area (Å²) in [5, 5.41) is 3.06. The van der Waals surface area contributed by atoms with Gasteiger partial charge in [-0.2, -0.15) is 0 Å². The number of rotatable bonds is 6. The predicted molar refractivity (Wildman–Crippen MR) is 84.0 cm³/mol. The molecule has 3 N–H and O–H groups in total. The Morgan fingerprint density at radius 1 is 1.29 bits per heavy atom. The fourth-order valence-corrected chi connectivity index (χ4v) is 2.34. The van der Waals surface area contributed by atoms with Crippen molar-refractivity contribution in [2.24, 2.45) is 5.73 Å². The van der Waals surface area contributed by atoms with Gasteiger partial charge in [-0.1, -0.05) is 19.9 Å². The van der Waals surface area contributed by atoms with E-state index in [4.69, 9.17) is 15.2 Å². The van der Waals surface area contributed by atoms with E-state index in [0.717, 1.165) is 24.2 Å². The van der Waals surface area contributed by atoms with E-state index in [9.17, 15) is 4.79 Å². The van der Waals surface area contributed by atoms with Gasteiger partial charge < -0.3 is 20.5 Å². The molecule has 1 aromatic rings. The zero-order chi connectivity index (χ0) is 14.6. The summed E-state index contributed by atoms with van der Waals surface area (Å²) in [5.74, 6) is 1.41. The standard InChI is InChI=1S/C15H22N2O3.ClH/c1-3-15(4-2,9-16)17-14(18)8-11-5-6-12-13(7-11)20-10-19-12;/h5-7H,3-4,8-10,16H2,1-2H3,(H,17,18);1H. The van der Waals surface area contributed by atoms with E-state index in [0.29, 0.717) is 18.7 Å². The molecule has 1 aliphatic rings. The highest BCUT2D eigenvalue weighted by Gasteiger charge is 2.26. The summed E-state index contributed by atoms with van der Waals surface area (Å²) in [5.41, 5.74) is 6.40. The summed E-state index contributed by atoms with van der Waals surface area (Å²) in [6, 6.07) is 5.57. The largest absolute Gasteiger partial charge is 0.454 e. The molecule has 0 atom stereocenters. The quantitative estimate of drug-likeness (QED) is 0.842. The molecule has 0 aliphatic carbocycles. The van der Waals surface area contributed by atoms with Crippen molar-refractivity contribution in [3.63, 3.8) is 0 Å². The zero-order valence-corrected chi connectivity index (χ0v) is 13.3. The minimum atomic E-state index is -0.298. The normalized spacial score (nSPS) is 12.7. The van der Waals surface area contributed by atoms with Gasteiger partial charge in [-0.15, -0.1) is 12.4 Å². The van der Waals surface area contributed by atoms with E-state index >= 15 is 0 Å². The fraction of sp³-hybridized carbons (Fsp3) is 0.533. The van der Waals surface area contributed by atoms with Gasteiger partial charge in [0.1, 0.15) is 0 Å². The number of nitrogens with two attached hydrogens (primary N) is 1. The van der Waals surface area contributed by atoms with Crippen LogP contribution in [0.15, 0.2) is 18.2 Å². The Balaban J connectivity index is 0.00000220. The number of hydrogen-bond acceptors (Lipinski definition) is 4. The van der Waals surface area contributed by atoms with Crippen molar-refractivity contribution in [1.29, 1.82) is 0 Å². The Labute approximate surface area is 131 Å². The molecular formula is C15H23ClN2O3. The van der Waals surface area contributed by atoms with Gasteiger partial charge in [-0.05, 0) is 30.5 Å². The molecule has 0 saturated carbocycles. The van der Waals surface area contributed by atoms with Gasteiger partial charge in [-0.3, -0.25) is 4.79 Å². The Morgan fingerprint density at radius 2 is 1.95 bits per heavy atom. The van der Waals surface area contributed by atoms with Crippen LogP contribution >= 0.6 is 12.4 Å². The molecule has 0 radical (unpaired) electrons. The van der Waals surface area contributed by atoms with Gasteiger partial charge in [0.2, 0.25) is 12.7 Å². The summed E-state index contributed by atoms with van der Waals surface area (Å²) in [6.07, 6.45) is 1.97. The predicted octanol–water partition coefficient (Wildman–Crippen LogP) is 2.01.